The molecule has 1 heterocycles. The summed E-state index contributed by atoms with van der Waals surface area (Å²) in [6.45, 7) is 23.7. The summed E-state index contributed by atoms with van der Waals surface area (Å²) in [6.07, 6.45) is 2.97. The van der Waals surface area contributed by atoms with Crippen molar-refractivity contribution in [2.45, 2.75) is 143 Å². The van der Waals surface area contributed by atoms with Gasteiger partial charge in [-0.1, -0.05) is 63.6 Å². The molecular formula is C38H61NO8. The van der Waals surface area contributed by atoms with Gasteiger partial charge in [-0.25, -0.2) is 0 Å². The summed E-state index contributed by atoms with van der Waals surface area (Å²) < 4.78 is 12.5. The normalized spacial score (nSPS) is 41.8. The van der Waals surface area contributed by atoms with Crippen molar-refractivity contribution in [3.8, 4) is 0 Å². The van der Waals surface area contributed by atoms with Gasteiger partial charge < -0.3 is 35.2 Å². The topological polar surface area (TPSA) is 146 Å². The lowest BCUT2D eigenvalue weighted by Crippen LogP contribution is -2.62. The van der Waals surface area contributed by atoms with Crippen LogP contribution in [0.3, 0.4) is 0 Å². The molecule has 0 radical (unpaired) electrons. The van der Waals surface area contributed by atoms with Gasteiger partial charge in [-0.2, -0.15) is 0 Å². The van der Waals surface area contributed by atoms with Gasteiger partial charge in [0.05, 0.1) is 6.10 Å². The number of carboxylic acids is 1. The van der Waals surface area contributed by atoms with E-state index in [0.717, 1.165) is 50.5 Å². The van der Waals surface area contributed by atoms with E-state index < -0.39 is 36.7 Å². The van der Waals surface area contributed by atoms with Gasteiger partial charge in [-0.3, -0.25) is 9.59 Å². The van der Waals surface area contributed by atoms with Crippen LogP contribution in [-0.4, -0.2) is 75.7 Å². The minimum absolute atomic E-state index is 0.00316. The maximum atomic E-state index is 11.7. The Bertz CT molecular complexity index is 1230. The van der Waals surface area contributed by atoms with Crippen LogP contribution in [-0.2, 0) is 19.1 Å². The number of ether oxygens (including phenoxy) is 2. The molecule has 266 valence electrons. The smallest absolute Gasteiger partial charge is 0.303 e. The molecule has 0 aromatic heterocycles. The van der Waals surface area contributed by atoms with Crippen LogP contribution in [0.1, 0.15) is 106 Å². The van der Waals surface area contributed by atoms with Gasteiger partial charge >= 0.3 is 5.97 Å². The molecule has 4 rings (SSSR count). The minimum Gasteiger partial charge on any atom is -0.481 e. The van der Waals surface area contributed by atoms with Crippen LogP contribution in [0, 0.1) is 39.9 Å². The van der Waals surface area contributed by atoms with E-state index in [-0.39, 0.29) is 53.1 Å². The molecule has 9 heteroatoms. The number of amides is 1. The molecule has 1 aliphatic heterocycles. The molecule has 47 heavy (non-hydrogen) atoms. The molecule has 4 aliphatic rings. The second-order valence-corrected chi connectivity index (χ2v) is 16.4. The Kier molecular flexibility index (Phi) is 11.6. The van der Waals surface area contributed by atoms with Crippen molar-refractivity contribution in [1.29, 1.82) is 0 Å². The number of nitrogens with one attached hydrogen (secondary N) is 1. The standard InChI is InChI=1S/C38H61NO8/c1-21(2)25-12-10-22(3)26(37(25,8)19-17-31(41)42)13-14-27-23(4)11-15-29-36(6,7)30(16-18-38(27,29)9)47-35-34(45)33(44)32(43)28(46-35)20-39-24(5)40/h10,25-30,32-35,43-45H,1,4,11-20H2,2-3,5-9H3,(H,39,40)(H,41,42). The van der Waals surface area contributed by atoms with E-state index in [4.69, 9.17) is 9.47 Å². The minimum atomic E-state index is -1.46. The first kappa shape index (κ1) is 37.8. The molecule has 0 aromatic rings. The number of carboxylic acid groups (broad SMARTS) is 1. The third kappa shape index (κ3) is 7.45. The van der Waals surface area contributed by atoms with E-state index >= 15 is 0 Å². The summed E-state index contributed by atoms with van der Waals surface area (Å²) in [6, 6.07) is 0. The number of aliphatic hydroxyl groups excluding tert-OH is 3. The van der Waals surface area contributed by atoms with Gasteiger partial charge in [-0.05, 0) is 105 Å². The monoisotopic (exact) mass is 659 g/mol. The summed E-state index contributed by atoms with van der Waals surface area (Å²) in [4.78, 5) is 23.2. The van der Waals surface area contributed by atoms with Gasteiger partial charge in [-0.15, -0.1) is 0 Å². The molecule has 0 bridgehead atoms. The lowest BCUT2D eigenvalue weighted by atomic mass is 9.46. The lowest BCUT2D eigenvalue weighted by Gasteiger charge is -2.61. The van der Waals surface area contributed by atoms with Gasteiger partial charge in [0.25, 0.3) is 0 Å². The summed E-state index contributed by atoms with van der Waals surface area (Å²) >= 11 is 0. The highest BCUT2D eigenvalue weighted by atomic mass is 16.7. The number of allylic oxidation sites excluding steroid dienone is 4. The molecule has 9 nitrogen and oxygen atoms in total. The van der Waals surface area contributed by atoms with Gasteiger partial charge in [0.2, 0.25) is 5.91 Å². The fourth-order valence-corrected chi connectivity index (χ4v) is 10.4. The number of hydrogen-bond acceptors (Lipinski definition) is 7. The highest BCUT2D eigenvalue weighted by Gasteiger charge is 2.58. The van der Waals surface area contributed by atoms with Crippen molar-refractivity contribution >= 4 is 11.9 Å². The Morgan fingerprint density at radius 2 is 1.70 bits per heavy atom. The van der Waals surface area contributed by atoms with Crippen molar-refractivity contribution in [1.82, 2.24) is 5.32 Å². The van der Waals surface area contributed by atoms with E-state index in [1.54, 1.807) is 0 Å². The Hall–Kier alpha value is -2.04. The average Bonchev–Trinajstić information content (AvgIpc) is 2.97. The summed E-state index contributed by atoms with van der Waals surface area (Å²) in [5, 5.41) is 44.2. The molecule has 12 unspecified atom stereocenters. The second-order valence-electron chi connectivity index (χ2n) is 16.4. The van der Waals surface area contributed by atoms with Crippen LogP contribution in [0.25, 0.3) is 0 Å². The largest absolute Gasteiger partial charge is 0.481 e. The quantitative estimate of drug-likeness (QED) is 0.144. The Morgan fingerprint density at radius 1 is 1.04 bits per heavy atom. The molecule has 2 saturated carbocycles. The summed E-state index contributed by atoms with van der Waals surface area (Å²) in [5.74, 6) is 0.0813. The van der Waals surface area contributed by atoms with E-state index in [1.807, 2.05) is 0 Å². The molecule has 3 fully saturated rings. The molecule has 3 aliphatic carbocycles. The summed E-state index contributed by atoms with van der Waals surface area (Å²) in [7, 11) is 0. The van der Waals surface area contributed by atoms with Crippen molar-refractivity contribution in [2.75, 3.05) is 6.54 Å². The average molecular weight is 660 g/mol. The van der Waals surface area contributed by atoms with Crippen molar-refractivity contribution in [3.63, 3.8) is 0 Å². The van der Waals surface area contributed by atoms with Crippen LogP contribution in [0.4, 0.5) is 0 Å². The number of fused-ring (bicyclic) bond motifs is 1. The molecule has 1 saturated heterocycles. The van der Waals surface area contributed by atoms with Crippen LogP contribution in [0.15, 0.2) is 36.0 Å². The highest BCUT2D eigenvalue weighted by molar-refractivity contribution is 5.72. The summed E-state index contributed by atoms with van der Waals surface area (Å²) in [5.41, 5.74) is 3.28. The van der Waals surface area contributed by atoms with Gasteiger partial charge in [0.15, 0.2) is 6.29 Å². The third-order valence-electron chi connectivity index (χ3n) is 13.1. The molecule has 0 aromatic carbocycles. The maximum Gasteiger partial charge on any atom is 0.303 e. The van der Waals surface area contributed by atoms with Gasteiger partial charge in [0.1, 0.15) is 24.4 Å². The van der Waals surface area contributed by atoms with E-state index in [1.165, 1.54) is 18.1 Å². The van der Waals surface area contributed by atoms with Crippen molar-refractivity contribution in [3.05, 3.63) is 36.0 Å². The second kappa shape index (κ2) is 14.4. The molecule has 5 N–H and O–H groups in total. The number of carbonyl (C=O) groups excluding carboxylic acids is 1. The number of aliphatic hydroxyl groups is 3. The van der Waals surface area contributed by atoms with Crippen molar-refractivity contribution in [2.24, 2.45) is 39.9 Å². The fourth-order valence-electron chi connectivity index (χ4n) is 10.4. The Labute approximate surface area is 281 Å². The van der Waals surface area contributed by atoms with Gasteiger partial charge in [0, 0.05) is 19.9 Å². The predicted molar refractivity (Wildman–Crippen MR) is 181 cm³/mol. The third-order valence-corrected chi connectivity index (χ3v) is 13.1. The first-order valence-corrected chi connectivity index (χ1v) is 17.7. The maximum absolute atomic E-state index is 11.7. The molecule has 0 spiro atoms. The zero-order valence-electron chi connectivity index (χ0n) is 29.8. The number of aliphatic carboxylic acids is 1. The van der Waals surface area contributed by atoms with E-state index in [2.05, 4.69) is 66.1 Å². The van der Waals surface area contributed by atoms with Crippen LogP contribution in [0.2, 0.25) is 0 Å². The lowest BCUT2D eigenvalue weighted by molar-refractivity contribution is -0.323. The zero-order chi connectivity index (χ0) is 35.1. The van der Waals surface area contributed by atoms with Crippen molar-refractivity contribution < 1.29 is 39.5 Å². The molecular weight excluding hydrogens is 598 g/mol. The van der Waals surface area contributed by atoms with Crippen LogP contribution < -0.4 is 5.32 Å². The van der Waals surface area contributed by atoms with E-state index in [0.29, 0.717) is 18.3 Å². The fraction of sp³-hybridized carbons (Fsp3) is 0.789. The highest BCUT2D eigenvalue weighted by Crippen LogP contribution is 2.63. The Morgan fingerprint density at radius 3 is 2.32 bits per heavy atom. The SMILES string of the molecule is C=C(C)C1CC=C(C)C(CCC2C(=C)CCC3C(C)(C)C(OC4OC(CNC(C)=O)C(O)C(O)C4O)CCC23C)C1(C)CCC(=O)O. The van der Waals surface area contributed by atoms with Crippen LogP contribution >= 0.6 is 0 Å². The molecule has 12 atom stereocenters. The number of carbonyl (C=O) groups is 2. The number of rotatable bonds is 11. The Balaban J connectivity index is 1.52. The zero-order valence-corrected chi connectivity index (χ0v) is 29.8. The van der Waals surface area contributed by atoms with E-state index in [9.17, 15) is 30.0 Å². The van der Waals surface area contributed by atoms with Crippen LogP contribution in [0.5, 0.6) is 0 Å². The first-order valence-electron chi connectivity index (χ1n) is 17.7. The number of hydrogen-bond donors (Lipinski definition) is 5. The predicted octanol–water partition coefficient (Wildman–Crippen LogP) is 5.53. The molecule has 1 amide bonds. The first-order chi connectivity index (χ1) is 21.8.